The second-order valence-electron chi connectivity index (χ2n) is 8.24. The van der Waals surface area contributed by atoms with Crippen molar-refractivity contribution in [2.75, 3.05) is 5.32 Å². The van der Waals surface area contributed by atoms with Crippen molar-refractivity contribution >= 4 is 16.7 Å². The summed E-state index contributed by atoms with van der Waals surface area (Å²) in [5, 5.41) is 15.4. The number of phenols is 1. The number of pyridine rings is 2. The number of phenolic OH excluding ortho intramolecular Hbond substituents is 1. The van der Waals surface area contributed by atoms with Crippen LogP contribution in [0.1, 0.15) is 43.5 Å². The minimum atomic E-state index is -0.259. The number of hydrogen-bond acceptors (Lipinski definition) is 4. The highest BCUT2D eigenvalue weighted by Crippen LogP contribution is 2.36. The van der Waals surface area contributed by atoms with Gasteiger partial charge in [0, 0.05) is 23.3 Å². The Kier molecular flexibility index (Phi) is 4.93. The molecular formula is C25H25N3O. The fraction of sp³-hybridized carbons (Fsp3) is 0.200. The number of anilines is 1. The average Bonchev–Trinajstić information content (AvgIpc) is 2.73. The molecule has 29 heavy (non-hydrogen) atoms. The minimum Gasteiger partial charge on any atom is -0.505 e. The number of fused-ring (bicyclic) bond motifs is 1. The van der Waals surface area contributed by atoms with E-state index in [4.69, 9.17) is 0 Å². The molecule has 4 aromatic rings. The fourth-order valence-electron chi connectivity index (χ4n) is 3.49. The molecule has 1 unspecified atom stereocenters. The van der Waals surface area contributed by atoms with Crippen molar-refractivity contribution in [1.29, 1.82) is 0 Å². The Morgan fingerprint density at radius 3 is 2.28 bits per heavy atom. The van der Waals surface area contributed by atoms with Crippen molar-refractivity contribution < 1.29 is 5.11 Å². The minimum absolute atomic E-state index is 0.0808. The van der Waals surface area contributed by atoms with Gasteiger partial charge in [0.05, 0.1) is 6.04 Å². The molecular weight excluding hydrogens is 358 g/mol. The van der Waals surface area contributed by atoms with Gasteiger partial charge in [-0.1, -0.05) is 69.3 Å². The standard InChI is InChI=1S/C25H25N3O/c1-25(2,3)19-12-9-18(10-13-19)22(28-21-8-4-5-15-26-21)20-14-11-17-7-6-16-27-23(17)24(20)29/h4-16,22,29H,1-3H3,(H,26,28). The largest absolute Gasteiger partial charge is 0.505 e. The molecule has 4 rings (SSSR count). The van der Waals surface area contributed by atoms with E-state index < -0.39 is 0 Å². The molecule has 2 aromatic carbocycles. The fourth-order valence-corrected chi connectivity index (χ4v) is 3.49. The van der Waals surface area contributed by atoms with E-state index in [1.165, 1.54) is 5.56 Å². The van der Waals surface area contributed by atoms with E-state index in [2.05, 4.69) is 60.3 Å². The topological polar surface area (TPSA) is 58.0 Å². The number of rotatable bonds is 4. The summed E-state index contributed by atoms with van der Waals surface area (Å²) in [6.45, 7) is 6.60. The summed E-state index contributed by atoms with van der Waals surface area (Å²) in [5.41, 5.74) is 3.77. The maximum Gasteiger partial charge on any atom is 0.147 e. The molecule has 0 saturated heterocycles. The number of benzene rings is 2. The predicted octanol–water partition coefficient (Wildman–Crippen LogP) is 5.83. The summed E-state index contributed by atoms with van der Waals surface area (Å²) in [5.74, 6) is 0.939. The molecule has 0 aliphatic carbocycles. The molecule has 2 N–H and O–H groups in total. The SMILES string of the molecule is CC(C)(C)c1ccc(C(Nc2ccccn2)c2ccc3cccnc3c2O)cc1. The lowest BCUT2D eigenvalue weighted by molar-refractivity contribution is 0.471. The molecule has 2 heterocycles. The molecule has 0 amide bonds. The van der Waals surface area contributed by atoms with Gasteiger partial charge >= 0.3 is 0 Å². The first-order valence-electron chi connectivity index (χ1n) is 9.78. The van der Waals surface area contributed by atoms with Gasteiger partial charge in [0.15, 0.2) is 0 Å². The van der Waals surface area contributed by atoms with Crippen LogP contribution in [0.4, 0.5) is 5.82 Å². The third kappa shape index (κ3) is 3.92. The van der Waals surface area contributed by atoms with E-state index in [9.17, 15) is 5.11 Å². The van der Waals surface area contributed by atoms with E-state index >= 15 is 0 Å². The summed E-state index contributed by atoms with van der Waals surface area (Å²) in [7, 11) is 0. The zero-order valence-electron chi connectivity index (χ0n) is 16.9. The molecule has 2 aromatic heterocycles. The Labute approximate surface area is 171 Å². The van der Waals surface area contributed by atoms with Crippen LogP contribution >= 0.6 is 0 Å². The van der Waals surface area contributed by atoms with Gasteiger partial charge in [0.25, 0.3) is 0 Å². The molecule has 0 spiro atoms. The Bertz CT molecular complexity index is 1120. The summed E-state index contributed by atoms with van der Waals surface area (Å²) in [4.78, 5) is 8.79. The van der Waals surface area contributed by atoms with Crippen molar-refractivity contribution in [2.24, 2.45) is 0 Å². The Morgan fingerprint density at radius 2 is 1.59 bits per heavy atom. The molecule has 4 nitrogen and oxygen atoms in total. The lowest BCUT2D eigenvalue weighted by atomic mass is 9.85. The van der Waals surface area contributed by atoms with Crippen LogP contribution in [-0.4, -0.2) is 15.1 Å². The third-order valence-electron chi connectivity index (χ3n) is 5.16. The van der Waals surface area contributed by atoms with Gasteiger partial charge in [-0.15, -0.1) is 0 Å². The van der Waals surface area contributed by atoms with E-state index in [1.807, 2.05) is 42.5 Å². The average molecular weight is 383 g/mol. The van der Waals surface area contributed by atoms with E-state index in [1.54, 1.807) is 12.4 Å². The van der Waals surface area contributed by atoms with Gasteiger partial charge in [-0.3, -0.25) is 4.98 Å². The van der Waals surface area contributed by atoms with Crippen LogP contribution in [0.15, 0.2) is 79.1 Å². The van der Waals surface area contributed by atoms with Gasteiger partial charge in [-0.2, -0.15) is 0 Å². The second-order valence-corrected chi connectivity index (χ2v) is 8.24. The molecule has 0 saturated carbocycles. The highest BCUT2D eigenvalue weighted by atomic mass is 16.3. The van der Waals surface area contributed by atoms with E-state index in [0.29, 0.717) is 5.52 Å². The van der Waals surface area contributed by atoms with E-state index in [0.717, 1.165) is 22.3 Å². The van der Waals surface area contributed by atoms with Crippen LogP contribution in [0.5, 0.6) is 5.75 Å². The van der Waals surface area contributed by atoms with Gasteiger partial charge in [-0.25, -0.2) is 4.98 Å². The quantitative estimate of drug-likeness (QED) is 0.465. The lowest BCUT2D eigenvalue weighted by Gasteiger charge is -2.24. The number of aromatic nitrogens is 2. The first kappa shape index (κ1) is 18.9. The molecule has 146 valence electrons. The maximum atomic E-state index is 11.0. The highest BCUT2D eigenvalue weighted by molar-refractivity contribution is 5.86. The molecule has 4 heteroatoms. The van der Waals surface area contributed by atoms with Gasteiger partial charge < -0.3 is 10.4 Å². The summed E-state index contributed by atoms with van der Waals surface area (Å²) in [6.07, 6.45) is 3.45. The van der Waals surface area contributed by atoms with Crippen molar-refractivity contribution in [3.05, 3.63) is 95.8 Å². The number of nitrogens with one attached hydrogen (secondary N) is 1. The van der Waals surface area contributed by atoms with E-state index in [-0.39, 0.29) is 17.2 Å². The predicted molar refractivity (Wildman–Crippen MR) is 118 cm³/mol. The second kappa shape index (κ2) is 7.55. The number of hydrogen-bond donors (Lipinski definition) is 2. The van der Waals surface area contributed by atoms with Gasteiger partial charge in [-0.05, 0) is 34.7 Å². The Morgan fingerprint density at radius 1 is 0.828 bits per heavy atom. The molecule has 0 radical (unpaired) electrons. The smallest absolute Gasteiger partial charge is 0.147 e. The van der Waals surface area contributed by atoms with Crippen LogP contribution in [0.2, 0.25) is 0 Å². The maximum absolute atomic E-state index is 11.0. The molecule has 0 aliphatic rings. The van der Waals surface area contributed by atoms with Crippen molar-refractivity contribution in [1.82, 2.24) is 9.97 Å². The van der Waals surface area contributed by atoms with Crippen LogP contribution in [0.25, 0.3) is 10.9 Å². The molecule has 0 aliphatic heterocycles. The highest BCUT2D eigenvalue weighted by Gasteiger charge is 2.21. The van der Waals surface area contributed by atoms with Crippen LogP contribution in [0.3, 0.4) is 0 Å². The first-order valence-corrected chi connectivity index (χ1v) is 9.78. The summed E-state index contributed by atoms with van der Waals surface area (Å²) in [6, 6.07) is 21.8. The van der Waals surface area contributed by atoms with Crippen LogP contribution < -0.4 is 5.32 Å². The van der Waals surface area contributed by atoms with Gasteiger partial charge in [0.2, 0.25) is 0 Å². The van der Waals surface area contributed by atoms with Crippen LogP contribution in [0, 0.1) is 0 Å². The first-order chi connectivity index (χ1) is 13.9. The number of aromatic hydroxyl groups is 1. The summed E-state index contributed by atoms with van der Waals surface area (Å²) >= 11 is 0. The monoisotopic (exact) mass is 383 g/mol. The number of nitrogens with zero attached hydrogens (tertiary/aromatic N) is 2. The van der Waals surface area contributed by atoms with Crippen LogP contribution in [-0.2, 0) is 5.41 Å². The third-order valence-corrected chi connectivity index (χ3v) is 5.16. The lowest BCUT2D eigenvalue weighted by Crippen LogP contribution is -2.15. The van der Waals surface area contributed by atoms with Crippen molar-refractivity contribution in [3.63, 3.8) is 0 Å². The molecule has 0 fully saturated rings. The van der Waals surface area contributed by atoms with Crippen molar-refractivity contribution in [2.45, 2.75) is 32.2 Å². The zero-order chi connectivity index (χ0) is 20.4. The van der Waals surface area contributed by atoms with Gasteiger partial charge in [0.1, 0.15) is 17.1 Å². The van der Waals surface area contributed by atoms with Crippen molar-refractivity contribution in [3.8, 4) is 5.75 Å². The zero-order valence-corrected chi connectivity index (χ0v) is 16.9. The molecule has 1 atom stereocenters. The summed E-state index contributed by atoms with van der Waals surface area (Å²) < 4.78 is 0. The normalized spacial score (nSPS) is 12.7. The Balaban J connectivity index is 1.82. The Hall–Kier alpha value is -3.40. The molecule has 0 bridgehead atoms.